The van der Waals surface area contributed by atoms with Crippen LogP contribution in [-0.4, -0.2) is 29.1 Å². The monoisotopic (exact) mass is 241 g/mol. The molecule has 1 saturated heterocycles. The van der Waals surface area contributed by atoms with Gasteiger partial charge in [0.25, 0.3) is 0 Å². The Balaban J connectivity index is 0.00000128. The van der Waals surface area contributed by atoms with Gasteiger partial charge in [0.15, 0.2) is 0 Å². The smallest absolute Gasteiger partial charge is 0.307 e. The molecule has 1 aromatic carbocycles. The molecule has 2 rings (SSSR count). The summed E-state index contributed by atoms with van der Waals surface area (Å²) in [6.45, 7) is 2.45. The number of carboxylic acids is 1. The van der Waals surface area contributed by atoms with Gasteiger partial charge in [-0.3, -0.25) is 9.69 Å². The largest absolute Gasteiger partial charge is 0.481 e. The van der Waals surface area contributed by atoms with Gasteiger partial charge in [0, 0.05) is 13.1 Å². The molecule has 0 saturated carbocycles. The van der Waals surface area contributed by atoms with E-state index in [1.807, 2.05) is 18.2 Å². The summed E-state index contributed by atoms with van der Waals surface area (Å²) in [4.78, 5) is 13.0. The minimum Gasteiger partial charge on any atom is -0.481 e. The summed E-state index contributed by atoms with van der Waals surface area (Å²) in [5, 5.41) is 8.87. The number of carboxylic acid groups (broad SMARTS) is 1. The maximum Gasteiger partial charge on any atom is 0.307 e. The van der Waals surface area contributed by atoms with Gasteiger partial charge in [-0.05, 0) is 18.5 Å². The molecule has 16 heavy (non-hydrogen) atoms. The maximum atomic E-state index is 10.8. The average Bonchev–Trinajstić information content (AvgIpc) is 2.68. The fraction of sp³-hybridized carbons (Fsp3) is 0.417. The van der Waals surface area contributed by atoms with Crippen molar-refractivity contribution in [1.29, 1.82) is 0 Å². The molecule has 1 atom stereocenters. The topological polar surface area (TPSA) is 40.5 Å². The molecule has 1 fully saturated rings. The predicted molar refractivity (Wildman–Crippen MR) is 64.7 cm³/mol. The molecule has 0 aromatic heterocycles. The van der Waals surface area contributed by atoms with Gasteiger partial charge in [0.2, 0.25) is 0 Å². The first-order valence-electron chi connectivity index (χ1n) is 5.25. The first-order chi connectivity index (χ1) is 7.25. The summed E-state index contributed by atoms with van der Waals surface area (Å²) in [6.07, 6.45) is 0.780. The van der Waals surface area contributed by atoms with Gasteiger partial charge < -0.3 is 5.11 Å². The van der Waals surface area contributed by atoms with Crippen LogP contribution in [0.25, 0.3) is 0 Å². The second-order valence-electron chi connectivity index (χ2n) is 4.04. The van der Waals surface area contributed by atoms with Crippen molar-refractivity contribution in [3.63, 3.8) is 0 Å². The Morgan fingerprint density at radius 1 is 1.38 bits per heavy atom. The van der Waals surface area contributed by atoms with Crippen molar-refractivity contribution in [3.8, 4) is 0 Å². The number of nitrogens with zero attached hydrogens (tertiary/aromatic N) is 1. The molecule has 1 N–H and O–H groups in total. The summed E-state index contributed by atoms with van der Waals surface area (Å²) < 4.78 is 0. The molecule has 1 aromatic rings. The number of carbonyl (C=O) groups is 1. The van der Waals surface area contributed by atoms with E-state index in [1.165, 1.54) is 5.56 Å². The summed E-state index contributed by atoms with van der Waals surface area (Å²) in [6, 6.07) is 10.2. The lowest BCUT2D eigenvalue weighted by atomic mass is 10.1. The molecule has 0 amide bonds. The van der Waals surface area contributed by atoms with Crippen LogP contribution in [0.5, 0.6) is 0 Å². The third-order valence-electron chi connectivity index (χ3n) is 2.87. The van der Waals surface area contributed by atoms with Gasteiger partial charge in [-0.2, -0.15) is 0 Å². The van der Waals surface area contributed by atoms with E-state index in [0.717, 1.165) is 19.5 Å². The van der Waals surface area contributed by atoms with Gasteiger partial charge in [-0.15, -0.1) is 12.4 Å². The molecule has 4 heteroatoms. The molecule has 1 aliphatic rings. The summed E-state index contributed by atoms with van der Waals surface area (Å²) in [7, 11) is 0. The van der Waals surface area contributed by atoms with E-state index >= 15 is 0 Å². The van der Waals surface area contributed by atoms with Crippen molar-refractivity contribution in [2.75, 3.05) is 13.1 Å². The van der Waals surface area contributed by atoms with Crippen molar-refractivity contribution in [2.45, 2.75) is 13.0 Å². The van der Waals surface area contributed by atoms with E-state index in [2.05, 4.69) is 17.0 Å². The molecular formula is C12H16ClNO2. The Hall–Kier alpha value is -1.06. The van der Waals surface area contributed by atoms with Crippen molar-refractivity contribution in [2.24, 2.45) is 5.92 Å². The van der Waals surface area contributed by atoms with Crippen LogP contribution in [0.15, 0.2) is 30.3 Å². The molecule has 1 aliphatic heterocycles. The maximum absolute atomic E-state index is 10.8. The average molecular weight is 242 g/mol. The Bertz CT molecular complexity index is 342. The van der Waals surface area contributed by atoms with Crippen molar-refractivity contribution in [3.05, 3.63) is 35.9 Å². The number of hydrogen-bond acceptors (Lipinski definition) is 2. The highest BCUT2D eigenvalue weighted by atomic mass is 35.5. The summed E-state index contributed by atoms with van der Waals surface area (Å²) >= 11 is 0. The normalized spacial score (nSPS) is 20.4. The number of rotatable bonds is 3. The minimum atomic E-state index is -0.662. The fourth-order valence-corrected chi connectivity index (χ4v) is 2.02. The van der Waals surface area contributed by atoms with Gasteiger partial charge >= 0.3 is 5.97 Å². The fourth-order valence-electron chi connectivity index (χ4n) is 2.02. The highest BCUT2D eigenvalue weighted by molar-refractivity contribution is 5.85. The van der Waals surface area contributed by atoms with E-state index in [1.54, 1.807) is 0 Å². The molecule has 0 unspecified atom stereocenters. The molecule has 0 aliphatic carbocycles. The molecule has 0 radical (unpaired) electrons. The first-order valence-corrected chi connectivity index (χ1v) is 5.25. The third-order valence-corrected chi connectivity index (χ3v) is 2.87. The molecule has 1 heterocycles. The van der Waals surface area contributed by atoms with Crippen LogP contribution < -0.4 is 0 Å². The lowest BCUT2D eigenvalue weighted by molar-refractivity contribution is -0.141. The van der Waals surface area contributed by atoms with E-state index < -0.39 is 5.97 Å². The minimum absolute atomic E-state index is 0. The highest BCUT2D eigenvalue weighted by Gasteiger charge is 2.27. The van der Waals surface area contributed by atoms with Gasteiger partial charge in [0.1, 0.15) is 0 Å². The van der Waals surface area contributed by atoms with Crippen molar-refractivity contribution < 1.29 is 9.90 Å². The van der Waals surface area contributed by atoms with Crippen LogP contribution >= 0.6 is 12.4 Å². The Morgan fingerprint density at radius 2 is 2.06 bits per heavy atom. The lowest BCUT2D eigenvalue weighted by Gasteiger charge is -2.14. The number of hydrogen-bond donors (Lipinski definition) is 1. The van der Waals surface area contributed by atoms with E-state index in [0.29, 0.717) is 6.54 Å². The zero-order chi connectivity index (χ0) is 10.7. The van der Waals surface area contributed by atoms with Crippen LogP contribution in [-0.2, 0) is 11.3 Å². The van der Waals surface area contributed by atoms with Crippen molar-refractivity contribution >= 4 is 18.4 Å². The van der Waals surface area contributed by atoms with Crippen LogP contribution in [0.3, 0.4) is 0 Å². The van der Waals surface area contributed by atoms with Crippen molar-refractivity contribution in [1.82, 2.24) is 4.90 Å². The quantitative estimate of drug-likeness (QED) is 0.880. The lowest BCUT2D eigenvalue weighted by Crippen LogP contribution is -2.22. The Morgan fingerprint density at radius 3 is 2.62 bits per heavy atom. The summed E-state index contributed by atoms with van der Waals surface area (Å²) in [5.41, 5.74) is 1.25. The van der Waals surface area contributed by atoms with Crippen LogP contribution in [0.4, 0.5) is 0 Å². The van der Waals surface area contributed by atoms with Gasteiger partial charge in [0.05, 0.1) is 5.92 Å². The SMILES string of the molecule is Cl.O=C(O)[C@H]1CCN(Cc2ccccc2)C1. The number of aliphatic carboxylic acids is 1. The third kappa shape index (κ3) is 3.22. The molecular weight excluding hydrogens is 226 g/mol. The van der Waals surface area contributed by atoms with E-state index in [9.17, 15) is 4.79 Å². The first kappa shape index (κ1) is 13.0. The second-order valence-corrected chi connectivity index (χ2v) is 4.04. The Labute approximate surface area is 101 Å². The number of halogens is 1. The standard InChI is InChI=1S/C12H15NO2.ClH/c14-12(15)11-6-7-13(9-11)8-10-4-2-1-3-5-10;/h1-5,11H,6-9H2,(H,14,15);1H/t11-;/m0./s1. The van der Waals surface area contributed by atoms with E-state index in [-0.39, 0.29) is 18.3 Å². The number of likely N-dealkylation sites (tertiary alicyclic amines) is 1. The molecule has 3 nitrogen and oxygen atoms in total. The van der Waals surface area contributed by atoms with E-state index in [4.69, 9.17) is 5.11 Å². The predicted octanol–water partition coefficient (Wildman–Crippen LogP) is 2.01. The summed E-state index contributed by atoms with van der Waals surface area (Å²) in [5.74, 6) is -0.834. The Kier molecular flexibility index (Phi) is 4.77. The number of benzene rings is 1. The highest BCUT2D eigenvalue weighted by Crippen LogP contribution is 2.18. The molecule has 0 bridgehead atoms. The second kappa shape index (κ2) is 5.87. The molecule has 88 valence electrons. The zero-order valence-electron chi connectivity index (χ0n) is 9.00. The van der Waals surface area contributed by atoms with Crippen LogP contribution in [0.2, 0.25) is 0 Å². The van der Waals surface area contributed by atoms with Crippen LogP contribution in [0, 0.1) is 5.92 Å². The van der Waals surface area contributed by atoms with Gasteiger partial charge in [-0.1, -0.05) is 30.3 Å². The zero-order valence-corrected chi connectivity index (χ0v) is 9.82. The molecule has 0 spiro atoms. The van der Waals surface area contributed by atoms with Gasteiger partial charge in [-0.25, -0.2) is 0 Å². The van der Waals surface area contributed by atoms with Crippen LogP contribution in [0.1, 0.15) is 12.0 Å².